The molecule has 0 aromatic heterocycles. The van der Waals surface area contributed by atoms with Crippen LogP contribution in [0.5, 0.6) is 0 Å². The molecule has 3 N–H and O–H groups in total. The third-order valence-corrected chi connectivity index (χ3v) is 6.69. The Bertz CT molecular complexity index is 1120. The third-order valence-electron chi connectivity index (χ3n) is 4.64. The number of halogens is 1. The third kappa shape index (κ3) is 5.60. The summed E-state index contributed by atoms with van der Waals surface area (Å²) in [7, 11) is -2.75. The van der Waals surface area contributed by atoms with E-state index in [9.17, 15) is 22.8 Å². The molecule has 2 aromatic carbocycles. The van der Waals surface area contributed by atoms with Crippen LogP contribution < -0.4 is 16.0 Å². The number of nitrogens with one attached hydrogen (secondary N) is 3. The van der Waals surface area contributed by atoms with Crippen molar-refractivity contribution in [3.8, 4) is 0 Å². The molecule has 3 amide bonds. The van der Waals surface area contributed by atoms with Gasteiger partial charge in [0.2, 0.25) is 21.8 Å². The average Bonchev–Trinajstić information content (AvgIpc) is 2.87. The van der Waals surface area contributed by atoms with Crippen LogP contribution in [0.15, 0.2) is 47.4 Å². The number of carbonyl (C=O) groups is 3. The summed E-state index contributed by atoms with van der Waals surface area (Å²) < 4.78 is 26.6. The number of fused-ring (bicyclic) bond motifs is 1. The van der Waals surface area contributed by atoms with E-state index in [1.54, 1.807) is 12.1 Å². The molecular weight excluding hydrogens is 444 g/mol. The molecule has 0 unspecified atom stereocenters. The van der Waals surface area contributed by atoms with Crippen LogP contribution in [0.1, 0.15) is 15.9 Å². The average molecular weight is 465 g/mol. The van der Waals surface area contributed by atoms with Crippen LogP contribution in [-0.2, 0) is 26.0 Å². The van der Waals surface area contributed by atoms with Crippen LogP contribution in [0.4, 0.5) is 5.69 Å². The van der Waals surface area contributed by atoms with Gasteiger partial charge in [0.15, 0.2) is 0 Å². The summed E-state index contributed by atoms with van der Waals surface area (Å²) in [4.78, 5) is 35.8. The predicted molar refractivity (Wildman–Crippen MR) is 115 cm³/mol. The van der Waals surface area contributed by atoms with E-state index in [-0.39, 0.29) is 29.2 Å². The maximum Gasteiger partial charge on any atom is 0.253 e. The summed E-state index contributed by atoms with van der Waals surface area (Å²) in [6.45, 7) is -0.248. The van der Waals surface area contributed by atoms with Crippen molar-refractivity contribution in [2.24, 2.45) is 0 Å². The van der Waals surface area contributed by atoms with Gasteiger partial charge in [0.25, 0.3) is 5.91 Å². The number of sulfonamides is 1. The topological polar surface area (TPSA) is 125 Å². The fourth-order valence-electron chi connectivity index (χ4n) is 2.95. The Labute approximate surface area is 184 Å². The highest BCUT2D eigenvalue weighted by Crippen LogP contribution is 2.23. The molecule has 1 heterocycles. The monoisotopic (exact) mass is 464 g/mol. The van der Waals surface area contributed by atoms with E-state index < -0.39 is 27.7 Å². The van der Waals surface area contributed by atoms with E-state index in [0.29, 0.717) is 18.0 Å². The molecule has 0 atom stereocenters. The van der Waals surface area contributed by atoms with Gasteiger partial charge in [0, 0.05) is 18.6 Å². The van der Waals surface area contributed by atoms with E-state index in [0.717, 1.165) is 9.87 Å². The Kier molecular flexibility index (Phi) is 6.94. The first-order valence-corrected chi connectivity index (χ1v) is 11.2. The van der Waals surface area contributed by atoms with E-state index in [4.69, 9.17) is 11.6 Å². The van der Waals surface area contributed by atoms with Crippen molar-refractivity contribution in [2.75, 3.05) is 32.0 Å². The molecule has 1 aliphatic heterocycles. The van der Waals surface area contributed by atoms with Gasteiger partial charge >= 0.3 is 0 Å². The van der Waals surface area contributed by atoms with Gasteiger partial charge in [-0.15, -0.1) is 0 Å². The van der Waals surface area contributed by atoms with Crippen LogP contribution in [0.25, 0.3) is 0 Å². The lowest BCUT2D eigenvalue weighted by Crippen LogP contribution is -2.39. The molecule has 0 saturated heterocycles. The van der Waals surface area contributed by atoms with Gasteiger partial charge in [-0.25, -0.2) is 8.42 Å². The first kappa shape index (κ1) is 22.7. The second-order valence-electron chi connectivity index (χ2n) is 6.93. The second-order valence-corrected chi connectivity index (χ2v) is 9.41. The molecule has 0 saturated carbocycles. The Morgan fingerprint density at radius 2 is 1.87 bits per heavy atom. The SMILES string of the molecule is CN(CC(=O)NCCc1ccc(Cl)cc1)S(=O)(=O)c1ccc2c(c1)C(=O)NCC(=O)N2. The predicted octanol–water partition coefficient (Wildman–Crippen LogP) is 1.00. The van der Waals surface area contributed by atoms with Crippen LogP contribution in [-0.4, -0.2) is 57.1 Å². The van der Waals surface area contributed by atoms with Gasteiger partial charge in [-0.3, -0.25) is 14.4 Å². The summed E-state index contributed by atoms with van der Waals surface area (Å²) in [6.07, 6.45) is 0.574. The van der Waals surface area contributed by atoms with Gasteiger partial charge in [0.1, 0.15) is 0 Å². The Hall–Kier alpha value is -2.95. The molecule has 2 aromatic rings. The first-order chi connectivity index (χ1) is 14.7. The molecule has 0 radical (unpaired) electrons. The van der Waals surface area contributed by atoms with Gasteiger partial charge < -0.3 is 16.0 Å². The quantitative estimate of drug-likeness (QED) is 0.563. The Morgan fingerprint density at radius 3 is 2.58 bits per heavy atom. The zero-order chi connectivity index (χ0) is 22.6. The van der Waals surface area contributed by atoms with E-state index in [1.165, 1.54) is 25.2 Å². The summed E-state index contributed by atoms with van der Waals surface area (Å²) in [5.74, 6) is -1.43. The van der Waals surface area contributed by atoms with Gasteiger partial charge in [-0.05, 0) is 42.3 Å². The first-order valence-electron chi connectivity index (χ1n) is 9.36. The van der Waals surface area contributed by atoms with Crippen molar-refractivity contribution >= 4 is 45.0 Å². The molecular formula is C20H21ClN4O5S. The van der Waals surface area contributed by atoms with Crippen molar-refractivity contribution in [2.45, 2.75) is 11.3 Å². The number of hydrogen-bond donors (Lipinski definition) is 3. The molecule has 11 heteroatoms. The molecule has 3 rings (SSSR count). The Morgan fingerprint density at radius 1 is 1.16 bits per heavy atom. The Balaban J connectivity index is 1.63. The molecule has 0 spiro atoms. The van der Waals surface area contributed by atoms with Crippen LogP contribution >= 0.6 is 11.6 Å². The van der Waals surface area contributed by atoms with Crippen molar-refractivity contribution < 1.29 is 22.8 Å². The maximum atomic E-state index is 12.9. The lowest BCUT2D eigenvalue weighted by molar-refractivity contribution is -0.121. The van der Waals surface area contributed by atoms with Crippen LogP contribution in [0, 0.1) is 0 Å². The highest BCUT2D eigenvalue weighted by atomic mass is 35.5. The number of benzene rings is 2. The second kappa shape index (κ2) is 9.46. The summed E-state index contributed by atoms with van der Waals surface area (Å²) in [5.41, 5.74) is 1.25. The van der Waals surface area contributed by atoms with Crippen LogP contribution in [0.3, 0.4) is 0 Å². The smallest absolute Gasteiger partial charge is 0.253 e. The zero-order valence-corrected chi connectivity index (χ0v) is 18.2. The summed E-state index contributed by atoms with van der Waals surface area (Å²) in [6, 6.07) is 11.0. The van der Waals surface area contributed by atoms with Gasteiger partial charge in [-0.2, -0.15) is 4.31 Å². The standard InChI is InChI=1S/C20H21ClN4O5S/c1-25(12-19(27)22-9-8-13-2-4-14(21)5-3-13)31(29,30)15-6-7-17-16(10-15)20(28)23-11-18(26)24-17/h2-7,10H,8-9,11-12H2,1H3,(H,22,27)(H,23,28)(H,24,26). The van der Waals surface area contributed by atoms with Crippen molar-refractivity contribution in [1.82, 2.24) is 14.9 Å². The molecule has 9 nitrogen and oxygen atoms in total. The van der Waals surface area contributed by atoms with Crippen molar-refractivity contribution in [3.05, 3.63) is 58.6 Å². The molecule has 31 heavy (non-hydrogen) atoms. The van der Waals surface area contributed by atoms with E-state index >= 15 is 0 Å². The maximum absolute atomic E-state index is 12.9. The van der Waals surface area contributed by atoms with Crippen molar-refractivity contribution in [1.29, 1.82) is 0 Å². The molecule has 164 valence electrons. The number of nitrogens with zero attached hydrogens (tertiary/aromatic N) is 1. The van der Waals surface area contributed by atoms with Gasteiger partial charge in [-0.1, -0.05) is 23.7 Å². The van der Waals surface area contributed by atoms with Gasteiger partial charge in [0.05, 0.1) is 29.2 Å². The number of rotatable bonds is 7. The highest BCUT2D eigenvalue weighted by molar-refractivity contribution is 7.89. The minimum Gasteiger partial charge on any atom is -0.355 e. The molecule has 0 aliphatic carbocycles. The number of hydrogen-bond acceptors (Lipinski definition) is 5. The molecule has 1 aliphatic rings. The number of amides is 3. The largest absolute Gasteiger partial charge is 0.355 e. The zero-order valence-electron chi connectivity index (χ0n) is 16.6. The molecule has 0 fully saturated rings. The minimum atomic E-state index is -4.03. The highest BCUT2D eigenvalue weighted by Gasteiger charge is 2.26. The fourth-order valence-corrected chi connectivity index (χ4v) is 4.23. The number of likely N-dealkylation sites (N-methyl/N-ethyl adjacent to an activating group) is 1. The summed E-state index contributed by atoms with van der Waals surface area (Å²) in [5, 5.41) is 8.23. The summed E-state index contributed by atoms with van der Waals surface area (Å²) >= 11 is 5.84. The number of anilines is 1. The lowest BCUT2D eigenvalue weighted by atomic mass is 10.1. The van der Waals surface area contributed by atoms with E-state index in [1.807, 2.05) is 12.1 Å². The number of carbonyl (C=O) groups excluding carboxylic acids is 3. The lowest BCUT2D eigenvalue weighted by Gasteiger charge is -2.18. The van der Waals surface area contributed by atoms with E-state index in [2.05, 4.69) is 16.0 Å². The van der Waals surface area contributed by atoms with Crippen LogP contribution in [0.2, 0.25) is 5.02 Å². The van der Waals surface area contributed by atoms with Crippen molar-refractivity contribution in [3.63, 3.8) is 0 Å². The normalized spacial score (nSPS) is 13.8. The minimum absolute atomic E-state index is 0.0349. The molecule has 0 bridgehead atoms. The fraction of sp³-hybridized carbons (Fsp3) is 0.250.